The third-order valence-corrected chi connectivity index (χ3v) is 5.24. The summed E-state index contributed by atoms with van der Waals surface area (Å²) in [6.45, 7) is 0. The number of aromatic nitrogens is 3. The summed E-state index contributed by atoms with van der Waals surface area (Å²) < 4.78 is 1.08. The average molecular weight is 354 g/mol. The molecule has 0 saturated heterocycles. The first-order chi connectivity index (χ1) is 11.7. The number of fused-ring (bicyclic) bond motifs is 1. The molecule has 0 bridgehead atoms. The molecular formula is C16H10N4O2S2. The van der Waals surface area contributed by atoms with Crippen LogP contribution in [0, 0.1) is 0 Å². The van der Waals surface area contributed by atoms with Gasteiger partial charge in [0.05, 0.1) is 15.8 Å². The average Bonchev–Trinajstić information content (AvgIpc) is 3.28. The Morgan fingerprint density at radius 2 is 2.00 bits per heavy atom. The largest absolute Gasteiger partial charge is 0.289 e. The summed E-state index contributed by atoms with van der Waals surface area (Å²) >= 11 is 2.95. The Morgan fingerprint density at radius 1 is 1.12 bits per heavy atom. The predicted octanol–water partition coefficient (Wildman–Crippen LogP) is 2.97. The van der Waals surface area contributed by atoms with E-state index in [1.807, 2.05) is 17.5 Å². The van der Waals surface area contributed by atoms with E-state index in [4.69, 9.17) is 0 Å². The van der Waals surface area contributed by atoms with Crippen molar-refractivity contribution in [2.24, 2.45) is 0 Å². The molecule has 3 heterocycles. The first kappa shape index (κ1) is 14.7. The van der Waals surface area contributed by atoms with Gasteiger partial charge in [0.15, 0.2) is 0 Å². The van der Waals surface area contributed by atoms with Gasteiger partial charge in [0, 0.05) is 5.38 Å². The van der Waals surface area contributed by atoms with Crippen molar-refractivity contribution in [3.63, 3.8) is 0 Å². The van der Waals surface area contributed by atoms with Crippen LogP contribution in [-0.4, -0.2) is 20.6 Å². The summed E-state index contributed by atoms with van der Waals surface area (Å²) in [4.78, 5) is 34.2. The number of carbonyl (C=O) groups excluding carboxylic acids is 1. The number of thiazole rings is 1. The van der Waals surface area contributed by atoms with Crippen molar-refractivity contribution in [2.75, 3.05) is 5.43 Å². The Morgan fingerprint density at radius 3 is 2.83 bits per heavy atom. The lowest BCUT2D eigenvalue weighted by Crippen LogP contribution is -2.33. The molecule has 8 heteroatoms. The van der Waals surface area contributed by atoms with E-state index in [9.17, 15) is 9.59 Å². The SMILES string of the molecule is O=C(Nn1cnc2ccccc2c1=O)c1csc(-c2cccs2)n1. The summed E-state index contributed by atoms with van der Waals surface area (Å²) in [6.07, 6.45) is 1.30. The van der Waals surface area contributed by atoms with Crippen molar-refractivity contribution < 1.29 is 4.79 Å². The van der Waals surface area contributed by atoms with Crippen LogP contribution >= 0.6 is 22.7 Å². The third-order valence-electron chi connectivity index (χ3n) is 3.36. The Hall–Kier alpha value is -2.84. The lowest BCUT2D eigenvalue weighted by Gasteiger charge is -2.06. The van der Waals surface area contributed by atoms with Crippen LogP contribution in [0.4, 0.5) is 0 Å². The van der Waals surface area contributed by atoms with Gasteiger partial charge in [-0.2, -0.15) is 0 Å². The van der Waals surface area contributed by atoms with E-state index in [1.54, 1.807) is 41.0 Å². The molecule has 0 radical (unpaired) electrons. The molecule has 0 aliphatic rings. The van der Waals surface area contributed by atoms with Crippen LogP contribution in [0.15, 0.2) is 58.3 Å². The molecule has 0 fully saturated rings. The molecular weight excluding hydrogens is 344 g/mol. The summed E-state index contributed by atoms with van der Waals surface area (Å²) in [5, 5.41) is 4.85. The van der Waals surface area contributed by atoms with Crippen molar-refractivity contribution in [1.29, 1.82) is 0 Å². The van der Waals surface area contributed by atoms with Crippen LogP contribution in [0.1, 0.15) is 10.5 Å². The van der Waals surface area contributed by atoms with Crippen molar-refractivity contribution >= 4 is 39.5 Å². The molecule has 4 aromatic rings. The predicted molar refractivity (Wildman–Crippen MR) is 95.1 cm³/mol. The number of nitrogens with zero attached hydrogens (tertiary/aromatic N) is 3. The van der Waals surface area contributed by atoms with Gasteiger partial charge in [-0.3, -0.25) is 15.0 Å². The molecule has 6 nitrogen and oxygen atoms in total. The van der Waals surface area contributed by atoms with Gasteiger partial charge in [-0.1, -0.05) is 18.2 Å². The molecule has 0 unspecified atom stereocenters. The Balaban J connectivity index is 1.63. The summed E-state index contributed by atoms with van der Waals surface area (Å²) in [7, 11) is 0. The molecule has 0 aliphatic carbocycles. The van der Waals surface area contributed by atoms with E-state index in [-0.39, 0.29) is 11.3 Å². The topological polar surface area (TPSA) is 76.9 Å². The molecule has 4 rings (SSSR count). The zero-order valence-electron chi connectivity index (χ0n) is 12.2. The normalized spacial score (nSPS) is 10.8. The molecule has 1 aromatic carbocycles. The van der Waals surface area contributed by atoms with Crippen molar-refractivity contribution in [1.82, 2.24) is 14.6 Å². The number of hydrogen-bond donors (Lipinski definition) is 1. The number of nitrogens with one attached hydrogen (secondary N) is 1. The highest BCUT2D eigenvalue weighted by Crippen LogP contribution is 2.27. The van der Waals surface area contributed by atoms with Crippen molar-refractivity contribution in [3.05, 3.63) is 69.5 Å². The van der Waals surface area contributed by atoms with Crippen LogP contribution in [0.25, 0.3) is 20.8 Å². The molecule has 1 amide bonds. The summed E-state index contributed by atoms with van der Waals surface area (Å²) in [5.74, 6) is -0.451. The standard InChI is InChI=1S/C16H10N4O2S2/c21-14(12-8-24-15(18-12)13-6-3-7-23-13)19-20-9-17-11-5-2-1-4-10(11)16(20)22/h1-9H,(H,19,21). The molecule has 0 spiro atoms. The van der Waals surface area contributed by atoms with Crippen LogP contribution in [-0.2, 0) is 0 Å². The maximum atomic E-state index is 12.4. The summed E-state index contributed by atoms with van der Waals surface area (Å²) in [5.41, 5.74) is 3.05. The number of thiophene rings is 1. The van der Waals surface area contributed by atoms with E-state index in [2.05, 4.69) is 15.4 Å². The van der Waals surface area contributed by atoms with E-state index in [0.29, 0.717) is 10.9 Å². The monoisotopic (exact) mass is 354 g/mol. The molecule has 0 atom stereocenters. The van der Waals surface area contributed by atoms with Crippen LogP contribution in [0.5, 0.6) is 0 Å². The molecule has 24 heavy (non-hydrogen) atoms. The highest BCUT2D eigenvalue weighted by Gasteiger charge is 2.14. The second-order valence-corrected chi connectivity index (χ2v) is 6.70. The molecule has 3 aromatic heterocycles. The van der Waals surface area contributed by atoms with Gasteiger partial charge >= 0.3 is 0 Å². The van der Waals surface area contributed by atoms with Crippen LogP contribution < -0.4 is 11.0 Å². The number of rotatable bonds is 3. The highest BCUT2D eigenvalue weighted by atomic mass is 32.1. The number of para-hydroxylation sites is 1. The smallest absolute Gasteiger partial charge is 0.267 e. The van der Waals surface area contributed by atoms with Crippen LogP contribution in [0.3, 0.4) is 0 Å². The maximum absolute atomic E-state index is 12.4. The number of amides is 1. The minimum atomic E-state index is -0.451. The van der Waals surface area contributed by atoms with Gasteiger partial charge in [0.25, 0.3) is 11.5 Å². The fourth-order valence-corrected chi connectivity index (χ4v) is 3.82. The molecule has 0 saturated carbocycles. The second-order valence-electron chi connectivity index (χ2n) is 4.89. The first-order valence-corrected chi connectivity index (χ1v) is 8.75. The minimum Gasteiger partial charge on any atom is -0.267 e. The maximum Gasteiger partial charge on any atom is 0.289 e. The molecule has 118 valence electrons. The third kappa shape index (κ3) is 2.61. The van der Waals surface area contributed by atoms with Gasteiger partial charge in [-0.15, -0.1) is 22.7 Å². The fourth-order valence-electron chi connectivity index (χ4n) is 2.21. The van der Waals surface area contributed by atoms with E-state index in [0.717, 1.165) is 14.6 Å². The summed E-state index contributed by atoms with van der Waals surface area (Å²) in [6, 6.07) is 10.9. The van der Waals surface area contributed by atoms with Gasteiger partial charge < -0.3 is 0 Å². The Labute approximate surface area is 144 Å². The van der Waals surface area contributed by atoms with Gasteiger partial charge in [-0.25, -0.2) is 14.6 Å². The second kappa shape index (κ2) is 5.99. The number of benzene rings is 1. The van der Waals surface area contributed by atoms with E-state index >= 15 is 0 Å². The number of hydrogen-bond acceptors (Lipinski definition) is 6. The lowest BCUT2D eigenvalue weighted by molar-refractivity contribution is 0.100. The Bertz CT molecular complexity index is 1080. The van der Waals surface area contributed by atoms with Crippen LogP contribution in [0.2, 0.25) is 0 Å². The van der Waals surface area contributed by atoms with E-state index < -0.39 is 5.91 Å². The van der Waals surface area contributed by atoms with Crippen molar-refractivity contribution in [3.8, 4) is 9.88 Å². The fraction of sp³-hybridized carbons (Fsp3) is 0. The Kier molecular flexibility index (Phi) is 3.68. The quantitative estimate of drug-likeness (QED) is 0.614. The minimum absolute atomic E-state index is 0.267. The van der Waals surface area contributed by atoms with Gasteiger partial charge in [-0.05, 0) is 23.6 Å². The van der Waals surface area contributed by atoms with Gasteiger partial charge in [0.2, 0.25) is 0 Å². The van der Waals surface area contributed by atoms with Crippen molar-refractivity contribution in [2.45, 2.75) is 0 Å². The molecule has 0 aliphatic heterocycles. The highest BCUT2D eigenvalue weighted by molar-refractivity contribution is 7.20. The molecule has 1 N–H and O–H groups in total. The lowest BCUT2D eigenvalue weighted by atomic mass is 10.2. The zero-order chi connectivity index (χ0) is 16.5. The van der Waals surface area contributed by atoms with Gasteiger partial charge in [0.1, 0.15) is 17.0 Å². The zero-order valence-corrected chi connectivity index (χ0v) is 13.8. The first-order valence-electron chi connectivity index (χ1n) is 6.99. The number of carbonyl (C=O) groups is 1. The van der Waals surface area contributed by atoms with E-state index in [1.165, 1.54) is 17.7 Å².